The zero-order chi connectivity index (χ0) is 13.0. The summed E-state index contributed by atoms with van der Waals surface area (Å²) in [5.74, 6) is 0.834. The molecule has 0 spiro atoms. The predicted octanol–water partition coefficient (Wildman–Crippen LogP) is 1.11. The highest BCUT2D eigenvalue weighted by Gasteiger charge is 2.47. The van der Waals surface area contributed by atoms with E-state index in [9.17, 15) is 9.90 Å². The molecule has 4 unspecified atom stereocenters. The Labute approximate surface area is 114 Å². The monoisotopic (exact) mass is 262 g/mol. The van der Waals surface area contributed by atoms with Gasteiger partial charge in [0.1, 0.15) is 0 Å². The Balaban J connectivity index is 1.70. The summed E-state index contributed by atoms with van der Waals surface area (Å²) in [6.07, 6.45) is 8.03. The largest absolute Gasteiger partial charge is 0.391 e. The van der Waals surface area contributed by atoms with Gasteiger partial charge in [-0.05, 0) is 37.7 Å². The van der Waals surface area contributed by atoms with Crippen molar-refractivity contribution in [1.82, 2.24) is 9.80 Å². The molecular weight excluding hydrogens is 240 g/mol. The van der Waals surface area contributed by atoms with Gasteiger partial charge in [0.15, 0.2) is 0 Å². The molecule has 104 valence electrons. The summed E-state index contributed by atoms with van der Waals surface area (Å²) in [5.41, 5.74) is 1.30. The van der Waals surface area contributed by atoms with E-state index < -0.39 is 0 Å². The molecule has 3 fully saturated rings. The number of aliphatic hydroxyl groups is 1. The molecule has 0 aromatic rings. The molecule has 0 aliphatic carbocycles. The van der Waals surface area contributed by atoms with Crippen molar-refractivity contribution < 1.29 is 9.90 Å². The summed E-state index contributed by atoms with van der Waals surface area (Å²) in [5, 5.41) is 10.3. The SMILES string of the molecule is O=C1CCC(O)C2C3=CN4CCCCC4C(C3)CN12. The van der Waals surface area contributed by atoms with E-state index >= 15 is 0 Å². The average Bonchev–Trinajstić information content (AvgIpc) is 2.43. The molecule has 1 N–H and O–H groups in total. The van der Waals surface area contributed by atoms with Gasteiger partial charge in [-0.2, -0.15) is 0 Å². The zero-order valence-corrected chi connectivity index (χ0v) is 11.3. The van der Waals surface area contributed by atoms with Gasteiger partial charge < -0.3 is 14.9 Å². The Bertz CT molecular complexity index is 434. The summed E-state index contributed by atoms with van der Waals surface area (Å²) in [7, 11) is 0. The van der Waals surface area contributed by atoms with Crippen LogP contribution in [0.5, 0.6) is 0 Å². The number of hydrogen-bond donors (Lipinski definition) is 1. The van der Waals surface area contributed by atoms with Crippen LogP contribution in [-0.2, 0) is 4.79 Å². The molecule has 4 nitrogen and oxygen atoms in total. The molecule has 4 aliphatic heterocycles. The first kappa shape index (κ1) is 11.8. The van der Waals surface area contributed by atoms with Crippen LogP contribution in [0.1, 0.15) is 38.5 Å². The third kappa shape index (κ3) is 1.72. The van der Waals surface area contributed by atoms with E-state index in [0.717, 1.165) is 19.5 Å². The summed E-state index contributed by atoms with van der Waals surface area (Å²) in [6.45, 7) is 2.01. The predicted molar refractivity (Wildman–Crippen MR) is 71.3 cm³/mol. The van der Waals surface area contributed by atoms with Crippen molar-refractivity contribution in [3.8, 4) is 0 Å². The number of piperidine rings is 3. The second-order valence-corrected chi connectivity index (χ2v) is 6.57. The molecule has 4 aliphatic rings. The standard InChI is InChI=1S/C15H22N2O2/c18-13-4-5-14(19)17-9-10-7-11(15(13)17)8-16-6-2-1-3-12(10)16/h8,10,12-13,15,18H,1-7,9H2. The van der Waals surface area contributed by atoms with Crippen LogP contribution < -0.4 is 0 Å². The molecule has 0 aromatic heterocycles. The molecule has 2 bridgehead atoms. The van der Waals surface area contributed by atoms with Gasteiger partial charge in [0.25, 0.3) is 0 Å². The highest BCUT2D eigenvalue weighted by molar-refractivity contribution is 5.78. The minimum absolute atomic E-state index is 0.0274. The molecule has 3 saturated heterocycles. The van der Waals surface area contributed by atoms with E-state index in [1.165, 1.54) is 24.8 Å². The van der Waals surface area contributed by atoms with Crippen LogP contribution in [0.15, 0.2) is 11.8 Å². The number of amides is 1. The van der Waals surface area contributed by atoms with Gasteiger partial charge in [0.2, 0.25) is 5.91 Å². The van der Waals surface area contributed by atoms with Crippen molar-refractivity contribution in [3.05, 3.63) is 11.8 Å². The van der Waals surface area contributed by atoms with Crippen molar-refractivity contribution in [2.24, 2.45) is 5.92 Å². The van der Waals surface area contributed by atoms with Crippen molar-refractivity contribution in [1.29, 1.82) is 0 Å². The summed E-state index contributed by atoms with van der Waals surface area (Å²) < 4.78 is 0. The number of carbonyl (C=O) groups is 1. The minimum atomic E-state index is -0.355. The maximum Gasteiger partial charge on any atom is 0.223 e. The number of hydrogen-bond acceptors (Lipinski definition) is 3. The van der Waals surface area contributed by atoms with Gasteiger partial charge in [-0.3, -0.25) is 4.79 Å². The summed E-state index contributed by atoms with van der Waals surface area (Å²) in [6, 6.07) is 0.602. The van der Waals surface area contributed by atoms with Crippen LogP contribution in [0.2, 0.25) is 0 Å². The highest BCUT2D eigenvalue weighted by atomic mass is 16.3. The van der Waals surface area contributed by atoms with Gasteiger partial charge in [0.05, 0.1) is 12.1 Å². The molecular formula is C15H22N2O2. The van der Waals surface area contributed by atoms with E-state index in [1.54, 1.807) is 0 Å². The second-order valence-electron chi connectivity index (χ2n) is 6.57. The Morgan fingerprint density at radius 3 is 3.05 bits per heavy atom. The third-order valence-corrected chi connectivity index (χ3v) is 5.45. The lowest BCUT2D eigenvalue weighted by Gasteiger charge is -2.54. The number of fused-ring (bicyclic) bond motifs is 6. The van der Waals surface area contributed by atoms with E-state index in [-0.39, 0.29) is 18.1 Å². The zero-order valence-electron chi connectivity index (χ0n) is 11.3. The Morgan fingerprint density at radius 2 is 2.16 bits per heavy atom. The molecule has 4 heterocycles. The normalized spacial score (nSPS) is 41.5. The van der Waals surface area contributed by atoms with Gasteiger partial charge in [-0.25, -0.2) is 0 Å². The lowest BCUT2D eigenvalue weighted by Crippen LogP contribution is -2.61. The van der Waals surface area contributed by atoms with Gasteiger partial charge in [-0.1, -0.05) is 0 Å². The molecule has 19 heavy (non-hydrogen) atoms. The fourth-order valence-electron chi connectivity index (χ4n) is 4.59. The quantitative estimate of drug-likeness (QED) is 0.711. The topological polar surface area (TPSA) is 43.8 Å². The van der Waals surface area contributed by atoms with Crippen molar-refractivity contribution >= 4 is 5.91 Å². The minimum Gasteiger partial charge on any atom is -0.391 e. The lowest BCUT2D eigenvalue weighted by atomic mass is 9.74. The Morgan fingerprint density at radius 1 is 1.26 bits per heavy atom. The first-order valence-electron chi connectivity index (χ1n) is 7.68. The van der Waals surface area contributed by atoms with Crippen LogP contribution in [0, 0.1) is 5.92 Å². The fourth-order valence-corrected chi connectivity index (χ4v) is 4.59. The van der Waals surface area contributed by atoms with Crippen LogP contribution >= 0.6 is 0 Å². The third-order valence-electron chi connectivity index (χ3n) is 5.45. The first-order valence-corrected chi connectivity index (χ1v) is 7.68. The van der Waals surface area contributed by atoms with Gasteiger partial charge in [-0.15, -0.1) is 0 Å². The fraction of sp³-hybridized carbons (Fsp3) is 0.800. The average molecular weight is 262 g/mol. The van der Waals surface area contributed by atoms with Crippen molar-refractivity contribution in [3.63, 3.8) is 0 Å². The molecule has 4 heteroatoms. The van der Waals surface area contributed by atoms with Crippen LogP contribution in [0.4, 0.5) is 0 Å². The van der Waals surface area contributed by atoms with E-state index in [4.69, 9.17) is 0 Å². The van der Waals surface area contributed by atoms with Crippen LogP contribution in [-0.4, -0.2) is 52.1 Å². The lowest BCUT2D eigenvalue weighted by molar-refractivity contribution is -0.144. The second kappa shape index (κ2) is 4.23. The maximum atomic E-state index is 12.1. The van der Waals surface area contributed by atoms with Gasteiger partial charge in [0, 0.05) is 37.7 Å². The van der Waals surface area contributed by atoms with Crippen LogP contribution in [0.3, 0.4) is 0 Å². The smallest absolute Gasteiger partial charge is 0.223 e. The Hall–Kier alpha value is -1.03. The molecule has 4 atom stereocenters. The van der Waals surface area contributed by atoms with Crippen molar-refractivity contribution in [2.75, 3.05) is 13.1 Å². The summed E-state index contributed by atoms with van der Waals surface area (Å²) in [4.78, 5) is 16.6. The van der Waals surface area contributed by atoms with Crippen LogP contribution in [0.25, 0.3) is 0 Å². The molecule has 4 rings (SSSR count). The molecule has 1 amide bonds. The maximum absolute atomic E-state index is 12.1. The highest BCUT2D eigenvalue weighted by Crippen LogP contribution is 2.42. The summed E-state index contributed by atoms with van der Waals surface area (Å²) >= 11 is 0. The number of nitrogens with zero attached hydrogens (tertiary/aromatic N) is 2. The van der Waals surface area contributed by atoms with Gasteiger partial charge >= 0.3 is 0 Å². The molecule has 0 aromatic carbocycles. The molecule has 0 saturated carbocycles. The van der Waals surface area contributed by atoms with Crippen molar-refractivity contribution in [2.45, 2.75) is 56.7 Å². The van der Waals surface area contributed by atoms with E-state index in [2.05, 4.69) is 11.1 Å². The first-order chi connectivity index (χ1) is 9.24. The number of rotatable bonds is 0. The number of carbonyl (C=O) groups excluding carboxylic acids is 1. The number of aliphatic hydroxyl groups excluding tert-OH is 1. The Kier molecular flexibility index (Phi) is 2.62. The van der Waals surface area contributed by atoms with E-state index in [1.807, 2.05) is 4.90 Å². The molecule has 0 radical (unpaired) electrons. The van der Waals surface area contributed by atoms with E-state index in [0.29, 0.717) is 24.8 Å².